The number of nitrogens with zero attached hydrogens (tertiary/aromatic N) is 3. The summed E-state index contributed by atoms with van der Waals surface area (Å²) in [5, 5.41) is 17.9. The number of aromatic nitrogens is 2. The van der Waals surface area contributed by atoms with Crippen molar-refractivity contribution in [3.8, 4) is 11.6 Å². The van der Waals surface area contributed by atoms with Gasteiger partial charge in [0.1, 0.15) is 5.82 Å². The molecule has 1 heterocycles. The number of hydrogen-bond donors (Lipinski definition) is 0. The molecule has 0 fully saturated rings. The third-order valence-corrected chi connectivity index (χ3v) is 2.14. The lowest BCUT2D eigenvalue weighted by atomic mass is 10.3. The van der Waals surface area contributed by atoms with E-state index in [1.165, 1.54) is 12.1 Å². The van der Waals surface area contributed by atoms with E-state index in [0.29, 0.717) is 0 Å². The molecular formula is C10H5ClFN3O3. The van der Waals surface area contributed by atoms with E-state index in [4.69, 9.17) is 16.3 Å². The molecule has 92 valence electrons. The van der Waals surface area contributed by atoms with Crippen molar-refractivity contribution in [3.63, 3.8) is 0 Å². The first-order chi connectivity index (χ1) is 8.56. The predicted octanol–water partition coefficient (Wildman–Crippen LogP) is 2.97. The second kappa shape index (κ2) is 4.92. The third-order valence-electron chi connectivity index (χ3n) is 1.94. The van der Waals surface area contributed by atoms with Crippen LogP contribution in [0.15, 0.2) is 30.3 Å². The second-order valence-corrected chi connectivity index (χ2v) is 3.55. The molecule has 0 saturated heterocycles. The zero-order valence-electron chi connectivity index (χ0n) is 8.71. The molecule has 0 spiro atoms. The summed E-state index contributed by atoms with van der Waals surface area (Å²) in [6, 6.07) is 5.64. The zero-order chi connectivity index (χ0) is 13.1. The van der Waals surface area contributed by atoms with Gasteiger partial charge < -0.3 is 4.74 Å². The van der Waals surface area contributed by atoms with Crippen molar-refractivity contribution in [2.75, 3.05) is 0 Å². The third kappa shape index (κ3) is 2.69. The topological polar surface area (TPSA) is 78.2 Å². The van der Waals surface area contributed by atoms with E-state index in [9.17, 15) is 14.5 Å². The SMILES string of the molecule is O=[N+]([O-])c1ccc(F)cc1Oc1ccc(Cl)nn1. The van der Waals surface area contributed by atoms with Crippen LogP contribution in [0.1, 0.15) is 0 Å². The molecule has 0 aliphatic heterocycles. The maximum Gasteiger partial charge on any atom is 0.311 e. The van der Waals surface area contributed by atoms with Crippen molar-refractivity contribution in [1.82, 2.24) is 10.2 Å². The molecule has 0 N–H and O–H groups in total. The van der Waals surface area contributed by atoms with Crippen LogP contribution >= 0.6 is 11.6 Å². The van der Waals surface area contributed by atoms with Gasteiger partial charge in [-0.05, 0) is 12.1 Å². The molecule has 8 heteroatoms. The summed E-state index contributed by atoms with van der Waals surface area (Å²) in [5.74, 6) is -0.928. The van der Waals surface area contributed by atoms with Gasteiger partial charge in [0.2, 0.25) is 11.6 Å². The van der Waals surface area contributed by atoms with Crippen molar-refractivity contribution >= 4 is 17.3 Å². The summed E-state index contributed by atoms with van der Waals surface area (Å²) in [7, 11) is 0. The van der Waals surface area contributed by atoms with Crippen molar-refractivity contribution in [2.24, 2.45) is 0 Å². The van der Waals surface area contributed by atoms with Crippen molar-refractivity contribution < 1.29 is 14.1 Å². The highest BCUT2D eigenvalue weighted by molar-refractivity contribution is 6.29. The first-order valence-corrected chi connectivity index (χ1v) is 5.05. The maximum atomic E-state index is 13.0. The Bertz CT molecular complexity index is 591. The summed E-state index contributed by atoms with van der Waals surface area (Å²) in [4.78, 5) is 10.0. The van der Waals surface area contributed by atoms with Crippen molar-refractivity contribution in [1.29, 1.82) is 0 Å². The molecule has 0 atom stereocenters. The quantitative estimate of drug-likeness (QED) is 0.632. The van der Waals surface area contributed by atoms with Crippen LogP contribution < -0.4 is 4.74 Å². The van der Waals surface area contributed by atoms with E-state index in [1.54, 1.807) is 0 Å². The lowest BCUT2D eigenvalue weighted by molar-refractivity contribution is -0.385. The van der Waals surface area contributed by atoms with Crippen LogP contribution in [0.2, 0.25) is 5.15 Å². The van der Waals surface area contributed by atoms with Gasteiger partial charge in [-0.25, -0.2) is 4.39 Å². The summed E-state index contributed by atoms with van der Waals surface area (Å²) >= 11 is 5.52. The Morgan fingerprint density at radius 1 is 1.28 bits per heavy atom. The summed E-state index contributed by atoms with van der Waals surface area (Å²) in [5.41, 5.74) is -0.367. The number of nitro groups is 1. The van der Waals surface area contributed by atoms with Gasteiger partial charge in [0.15, 0.2) is 5.15 Å². The summed E-state index contributed by atoms with van der Waals surface area (Å²) in [6.45, 7) is 0. The summed E-state index contributed by atoms with van der Waals surface area (Å²) in [6.07, 6.45) is 0. The van der Waals surface area contributed by atoms with Crippen LogP contribution in [-0.4, -0.2) is 15.1 Å². The van der Waals surface area contributed by atoms with Crippen LogP contribution in [0.3, 0.4) is 0 Å². The van der Waals surface area contributed by atoms with Gasteiger partial charge in [0, 0.05) is 18.2 Å². The first-order valence-electron chi connectivity index (χ1n) is 4.67. The number of benzene rings is 1. The van der Waals surface area contributed by atoms with E-state index in [1.807, 2.05) is 0 Å². The highest BCUT2D eigenvalue weighted by Gasteiger charge is 2.17. The largest absolute Gasteiger partial charge is 0.430 e. The van der Waals surface area contributed by atoms with Gasteiger partial charge in [-0.3, -0.25) is 10.1 Å². The van der Waals surface area contributed by atoms with Gasteiger partial charge >= 0.3 is 5.69 Å². The second-order valence-electron chi connectivity index (χ2n) is 3.17. The van der Waals surface area contributed by atoms with Crippen LogP contribution in [0.5, 0.6) is 11.6 Å². The van der Waals surface area contributed by atoms with Crippen LogP contribution in [0.4, 0.5) is 10.1 Å². The highest BCUT2D eigenvalue weighted by atomic mass is 35.5. The molecule has 0 saturated carbocycles. The molecule has 0 radical (unpaired) electrons. The first kappa shape index (κ1) is 12.2. The molecule has 2 rings (SSSR count). The molecule has 0 unspecified atom stereocenters. The monoisotopic (exact) mass is 269 g/mol. The van der Waals surface area contributed by atoms with Crippen molar-refractivity contribution in [2.45, 2.75) is 0 Å². The predicted molar refractivity (Wildman–Crippen MR) is 60.2 cm³/mol. The minimum absolute atomic E-state index is 0.0203. The Hall–Kier alpha value is -2.28. The highest BCUT2D eigenvalue weighted by Crippen LogP contribution is 2.30. The van der Waals surface area contributed by atoms with Gasteiger partial charge in [-0.1, -0.05) is 11.6 Å². The Balaban J connectivity index is 2.35. The number of hydrogen-bond acceptors (Lipinski definition) is 5. The molecule has 0 amide bonds. The maximum absolute atomic E-state index is 13.0. The fraction of sp³-hybridized carbons (Fsp3) is 0. The fourth-order valence-corrected chi connectivity index (χ4v) is 1.29. The minimum atomic E-state index is -0.682. The van der Waals surface area contributed by atoms with Gasteiger partial charge in [-0.15, -0.1) is 10.2 Å². The number of nitro benzene ring substituents is 1. The van der Waals surface area contributed by atoms with Gasteiger partial charge in [-0.2, -0.15) is 0 Å². The lowest BCUT2D eigenvalue weighted by Crippen LogP contribution is -1.96. The fourth-order valence-electron chi connectivity index (χ4n) is 1.19. The number of halogens is 2. The van der Waals surface area contributed by atoms with E-state index in [2.05, 4.69) is 10.2 Å². The van der Waals surface area contributed by atoms with Gasteiger partial charge in [0.25, 0.3) is 0 Å². The molecule has 1 aromatic carbocycles. The Morgan fingerprint density at radius 2 is 2.06 bits per heavy atom. The Kier molecular flexibility index (Phi) is 3.33. The van der Waals surface area contributed by atoms with E-state index >= 15 is 0 Å². The van der Waals surface area contributed by atoms with E-state index in [-0.39, 0.29) is 22.5 Å². The van der Waals surface area contributed by atoms with Crippen molar-refractivity contribution in [3.05, 3.63) is 51.4 Å². The molecule has 0 aliphatic rings. The molecule has 18 heavy (non-hydrogen) atoms. The van der Waals surface area contributed by atoms with Crippen LogP contribution in [0.25, 0.3) is 0 Å². The number of rotatable bonds is 3. The Labute approximate surface area is 105 Å². The lowest BCUT2D eigenvalue weighted by Gasteiger charge is -2.04. The molecule has 2 aromatic rings. The average Bonchev–Trinajstić information content (AvgIpc) is 2.32. The van der Waals surface area contributed by atoms with Crippen LogP contribution in [0, 0.1) is 15.9 Å². The zero-order valence-corrected chi connectivity index (χ0v) is 9.46. The molecule has 0 aliphatic carbocycles. The van der Waals surface area contributed by atoms with E-state index in [0.717, 1.165) is 18.2 Å². The number of ether oxygens (including phenoxy) is 1. The summed E-state index contributed by atoms with van der Waals surface area (Å²) < 4.78 is 18.1. The molecule has 0 bridgehead atoms. The minimum Gasteiger partial charge on any atom is -0.430 e. The average molecular weight is 270 g/mol. The molecule has 1 aromatic heterocycles. The molecular weight excluding hydrogens is 265 g/mol. The van der Waals surface area contributed by atoms with Gasteiger partial charge in [0.05, 0.1) is 4.92 Å². The standard InChI is InChI=1S/C10H5ClFN3O3/c11-9-3-4-10(14-13-9)18-8-5-6(12)1-2-7(8)15(16)17/h1-5H. The Morgan fingerprint density at radius 3 is 2.67 bits per heavy atom. The normalized spacial score (nSPS) is 10.1. The smallest absolute Gasteiger partial charge is 0.311 e. The van der Waals surface area contributed by atoms with Crippen LogP contribution in [-0.2, 0) is 0 Å². The molecule has 6 nitrogen and oxygen atoms in total. The van der Waals surface area contributed by atoms with E-state index < -0.39 is 10.7 Å².